The molecule has 0 bridgehead atoms. The molecule has 0 aromatic carbocycles. The third-order valence-electron chi connectivity index (χ3n) is 0. The van der Waals surface area contributed by atoms with Gasteiger partial charge in [-0.05, 0) is 0 Å². The zero-order chi connectivity index (χ0) is 13.5. The van der Waals surface area contributed by atoms with Crippen LogP contribution in [-0.2, 0) is 79.6 Å². The van der Waals surface area contributed by atoms with Crippen LogP contribution in [0.1, 0.15) is 0 Å². The van der Waals surface area contributed by atoms with Crippen molar-refractivity contribution in [1.29, 1.82) is 0 Å². The van der Waals surface area contributed by atoms with Crippen molar-refractivity contribution >= 4 is 9.90 Å². The Balaban J connectivity index is -0.0000000277. The first kappa shape index (κ1) is 36.7. The standard InChI is InChI=1S/Li.3Mn.Ni.12O.P/q+1;;;;+2;;;;;;;6*-1;+3. The molecule has 0 spiro atoms. The summed E-state index contributed by atoms with van der Waals surface area (Å²) >= 11 is -16.9. The predicted octanol–water partition coefficient (Wildman–Crippen LogP) is -9.99. The third kappa shape index (κ3) is 1820. The summed E-state index contributed by atoms with van der Waals surface area (Å²) in [6, 6.07) is 0. The second-order valence-corrected chi connectivity index (χ2v) is 4.68. The summed E-state index contributed by atoms with van der Waals surface area (Å²) in [6.45, 7) is 0. The van der Waals surface area contributed by atoms with Crippen LogP contribution in [0.3, 0.4) is 0 Å². The van der Waals surface area contributed by atoms with Gasteiger partial charge < -0.3 is 0 Å². The molecule has 0 amide bonds. The molecule has 0 fully saturated rings. The van der Waals surface area contributed by atoms with Crippen LogP contribution in [0, 0.1) is 0 Å². The van der Waals surface area contributed by atoms with Crippen LogP contribution in [0.5, 0.6) is 0 Å². The molecule has 0 heterocycles. The fraction of sp³-hybridized carbons (Fsp3) is 0. The number of rotatable bonds is 0. The molecular weight excluding hydrogens is 453 g/mol. The molecule has 2 radical (unpaired) electrons. The van der Waals surface area contributed by atoms with Gasteiger partial charge in [0.25, 0.3) is 0 Å². The maximum Gasteiger partial charge on any atom is 3.00 e. The van der Waals surface area contributed by atoms with Crippen molar-refractivity contribution in [3.63, 3.8) is 0 Å². The third-order valence-corrected chi connectivity index (χ3v) is 0. The Bertz CT molecular complexity index is 348. The minimum Gasteiger partial charge on any atom is 3.00 e. The summed E-state index contributed by atoms with van der Waals surface area (Å²) in [5.74, 6) is 0. The van der Waals surface area contributed by atoms with E-state index >= 15 is 0 Å². The zero-order valence-electron chi connectivity index (χ0n) is 7.80. The van der Waals surface area contributed by atoms with E-state index in [0.29, 0.717) is 0 Å². The van der Waals surface area contributed by atoms with E-state index in [4.69, 9.17) is 48.1 Å². The smallest absolute Gasteiger partial charge is 3.00 e. The summed E-state index contributed by atoms with van der Waals surface area (Å²) in [5.41, 5.74) is 0. The van der Waals surface area contributed by atoms with Gasteiger partial charge in [0, 0.05) is 0 Å². The number of hydrogen-bond donors (Lipinski definition) is 0. The van der Waals surface area contributed by atoms with Gasteiger partial charge in [-0.15, -0.1) is 0 Å². The van der Waals surface area contributed by atoms with Crippen molar-refractivity contribution in [3.05, 3.63) is 0 Å². The van der Waals surface area contributed by atoms with Crippen LogP contribution in [0.4, 0.5) is 0 Å². The Morgan fingerprint density at radius 2 is 0.500 bits per heavy atom. The van der Waals surface area contributed by atoms with Crippen molar-refractivity contribution in [2.24, 2.45) is 0 Å². The van der Waals surface area contributed by atoms with Crippen molar-refractivity contribution in [2.45, 2.75) is 0 Å². The minimum absolute atomic E-state index is 0. The minimum atomic E-state index is -5.62. The van der Waals surface area contributed by atoms with E-state index in [1.54, 1.807) is 0 Å². The average molecular weight is 453 g/mol. The van der Waals surface area contributed by atoms with Crippen LogP contribution >= 0.6 is 9.90 Å². The van der Waals surface area contributed by atoms with Gasteiger partial charge in [0.05, 0.1) is 0 Å². The van der Waals surface area contributed by atoms with E-state index in [-0.39, 0.29) is 45.3 Å². The molecule has 0 aromatic heterocycles. The molecule has 0 aliphatic carbocycles. The van der Waals surface area contributed by atoms with E-state index in [1.165, 1.54) is 0 Å². The van der Waals surface area contributed by atoms with Crippen molar-refractivity contribution in [1.82, 2.24) is 0 Å². The average Bonchev–Trinajstić information content (AvgIpc) is 1.41. The molecule has 0 unspecified atom stereocenters. The number of hydrogen-bond acceptors (Lipinski definition) is 12. The van der Waals surface area contributed by atoms with Gasteiger partial charge in [0.1, 0.15) is 0 Å². The summed E-state index contributed by atoms with van der Waals surface area (Å²) < 4.78 is 103. The van der Waals surface area contributed by atoms with Gasteiger partial charge in [0.15, 0.2) is 0 Å². The molecule has 0 aliphatic rings. The second kappa shape index (κ2) is 15.0. The summed E-state index contributed by atoms with van der Waals surface area (Å²) in [7, 11) is 0. The van der Waals surface area contributed by atoms with E-state index in [0.717, 1.165) is 0 Å². The summed E-state index contributed by atoms with van der Waals surface area (Å²) in [5, 5.41) is 0. The van der Waals surface area contributed by atoms with Gasteiger partial charge in [-0.25, -0.2) is 0 Å². The summed E-state index contributed by atoms with van der Waals surface area (Å²) in [6.07, 6.45) is 0. The van der Waals surface area contributed by atoms with Crippen molar-refractivity contribution in [3.8, 4) is 0 Å². The SMILES string of the molecule is [Li+].[Ni+2].[O]=[Mn](=[O])([O-])[O-].[O]=[Mn](=[O])([O-])[O-].[O]=[Mn](=[O])([O-])[O-].[P+3]. The van der Waals surface area contributed by atoms with Gasteiger partial charge in [-0.2, -0.15) is 0 Å². The van der Waals surface area contributed by atoms with Gasteiger partial charge in [-0.3, -0.25) is 0 Å². The largest absolute Gasteiger partial charge is 3.00 e. The first-order chi connectivity index (χ1) is 6.00. The fourth-order valence-electron chi connectivity index (χ4n) is 0. The van der Waals surface area contributed by atoms with Crippen LogP contribution in [0.15, 0.2) is 0 Å². The van der Waals surface area contributed by atoms with E-state index in [9.17, 15) is 0 Å². The van der Waals surface area contributed by atoms with Crippen molar-refractivity contribution in [2.75, 3.05) is 0 Å². The predicted molar refractivity (Wildman–Crippen MR) is 11.0 cm³/mol. The molecule has 12 nitrogen and oxygen atoms in total. The zero-order valence-corrected chi connectivity index (χ0v) is 13.2. The molecule has 0 aliphatic heterocycles. The maximum absolute atomic E-state index is 8.58. The first-order valence-corrected chi connectivity index (χ1v) is 7.63. The Morgan fingerprint density at radius 1 is 0.500 bits per heavy atom. The molecule has 0 N–H and O–H groups in total. The summed E-state index contributed by atoms with van der Waals surface area (Å²) in [4.78, 5) is 0. The Labute approximate surface area is 132 Å². The molecule has 0 rings (SSSR count). The van der Waals surface area contributed by atoms with Gasteiger partial charge in [0.2, 0.25) is 0 Å². The van der Waals surface area contributed by atoms with Gasteiger partial charge in [-0.1, -0.05) is 0 Å². The topological polar surface area (TPSA) is 241 Å². The Hall–Kier alpha value is 1.64. The molecule has 18 heavy (non-hydrogen) atoms. The molecular formula is LiMn3NiO12P. The van der Waals surface area contributed by atoms with Crippen LogP contribution in [0.25, 0.3) is 0 Å². The molecule has 0 aromatic rings. The molecule has 0 saturated heterocycles. The van der Waals surface area contributed by atoms with E-state index in [1.807, 2.05) is 0 Å². The van der Waals surface area contributed by atoms with E-state index in [2.05, 4.69) is 0 Å². The molecule has 0 atom stereocenters. The maximum atomic E-state index is 8.58. The Kier molecular flexibility index (Phi) is 30.6. The quantitative estimate of drug-likeness (QED) is 0.245. The first-order valence-electron chi connectivity index (χ1n) is 1.85. The van der Waals surface area contributed by atoms with E-state index < -0.39 is 40.1 Å². The molecule has 0 saturated carbocycles. The van der Waals surface area contributed by atoms with Crippen LogP contribution < -0.4 is 44.0 Å². The van der Waals surface area contributed by atoms with Crippen LogP contribution in [0.2, 0.25) is 0 Å². The fourth-order valence-corrected chi connectivity index (χ4v) is 0. The second-order valence-electron chi connectivity index (χ2n) is 1.13. The van der Waals surface area contributed by atoms with Gasteiger partial charge >= 0.3 is 133 Å². The van der Waals surface area contributed by atoms with Crippen molar-refractivity contribution < 1.29 is 124 Å². The normalized spacial score (nSPS) is 9.67. The molecule has 18 heteroatoms. The Morgan fingerprint density at radius 3 is 0.500 bits per heavy atom. The molecule has 109 valence electrons. The monoisotopic (exact) mass is 453 g/mol. The van der Waals surface area contributed by atoms with Crippen LogP contribution in [-0.4, -0.2) is 0 Å².